The molecule has 2 unspecified atom stereocenters. The molecule has 2 rings (SSSR count). The molecule has 8 heteroatoms. The highest BCUT2D eigenvalue weighted by molar-refractivity contribution is 14.1. The van der Waals surface area contributed by atoms with Gasteiger partial charge in [0.1, 0.15) is 5.92 Å². The van der Waals surface area contributed by atoms with E-state index >= 15 is 0 Å². The second-order valence-electron chi connectivity index (χ2n) is 5.03. The van der Waals surface area contributed by atoms with E-state index in [1.165, 1.54) is 24.9 Å². The van der Waals surface area contributed by atoms with E-state index in [-0.39, 0.29) is 17.7 Å². The van der Waals surface area contributed by atoms with Crippen LogP contribution in [0, 0.1) is 9.49 Å². The molecule has 0 bridgehead atoms. The predicted octanol–water partition coefficient (Wildman–Crippen LogP) is 2.74. The normalized spacial score (nSPS) is 18.0. The molecule has 0 aliphatic carbocycles. The van der Waals surface area contributed by atoms with E-state index in [1.54, 1.807) is 12.1 Å². The molecule has 0 radical (unpaired) electrons. The van der Waals surface area contributed by atoms with Crippen LogP contribution in [0.5, 0.6) is 0 Å². The largest absolute Gasteiger partial charge is 0.481 e. The smallest absolute Gasteiger partial charge is 0.312 e. The number of hydrogen-bond donors (Lipinski definition) is 2. The van der Waals surface area contributed by atoms with Gasteiger partial charge in [0.2, 0.25) is 5.90 Å². The summed E-state index contributed by atoms with van der Waals surface area (Å²) in [6.45, 7) is 0. The van der Waals surface area contributed by atoms with Crippen LogP contribution in [0.4, 0.5) is 0 Å². The zero-order valence-corrected chi connectivity index (χ0v) is 16.1. The van der Waals surface area contributed by atoms with Crippen LogP contribution in [0.25, 0.3) is 0 Å². The molecule has 0 saturated carbocycles. The molecule has 6 nitrogen and oxygen atoms in total. The number of aliphatic carboxylic acids is 1. The van der Waals surface area contributed by atoms with Crippen LogP contribution in [0.2, 0.25) is 0 Å². The summed E-state index contributed by atoms with van der Waals surface area (Å²) in [5.74, 6) is -1.92. The van der Waals surface area contributed by atoms with Gasteiger partial charge < -0.3 is 15.2 Å². The molecule has 0 aromatic heterocycles. The fourth-order valence-electron chi connectivity index (χ4n) is 2.20. The molecule has 128 valence electrons. The van der Waals surface area contributed by atoms with Crippen LogP contribution in [-0.4, -0.2) is 41.6 Å². The van der Waals surface area contributed by atoms with Crippen molar-refractivity contribution in [2.24, 2.45) is 10.9 Å². The lowest BCUT2D eigenvalue weighted by Crippen LogP contribution is -2.36. The van der Waals surface area contributed by atoms with Crippen LogP contribution in [0.3, 0.4) is 0 Å². The van der Waals surface area contributed by atoms with Crippen LogP contribution in [0.15, 0.2) is 41.0 Å². The van der Waals surface area contributed by atoms with Crippen molar-refractivity contribution in [3.05, 3.63) is 45.2 Å². The van der Waals surface area contributed by atoms with Gasteiger partial charge >= 0.3 is 5.97 Å². The quantitative estimate of drug-likeness (QED) is 0.502. The Balaban J connectivity index is 2.22. The number of aliphatic imine (C=N–C) groups is 1. The van der Waals surface area contributed by atoms with Gasteiger partial charge in [0.15, 0.2) is 11.3 Å². The Bertz CT molecular complexity index is 688. The Morgan fingerprint density at radius 3 is 2.62 bits per heavy atom. The molecule has 1 heterocycles. The lowest BCUT2D eigenvalue weighted by molar-refractivity contribution is -0.140. The second-order valence-corrected chi connectivity index (χ2v) is 7.19. The molecule has 0 amide bonds. The number of thioether (sulfide) groups is 1. The minimum absolute atomic E-state index is 0.132. The van der Waals surface area contributed by atoms with Crippen molar-refractivity contribution in [3.8, 4) is 0 Å². The summed E-state index contributed by atoms with van der Waals surface area (Å²) in [7, 11) is 1.47. The Labute approximate surface area is 157 Å². The van der Waals surface area contributed by atoms with Gasteiger partial charge in [-0.15, -0.1) is 11.8 Å². The standard InChI is InChI=1S/C16H17IN2O4S/c1-23-14-8-12(18-16(19-14)24-2)11(15(21)22)7-13(20)9-3-5-10(17)6-4-9/h3-6,8,11,16,18H,7H2,1-2H3,(H,21,22). The van der Waals surface area contributed by atoms with E-state index in [0.29, 0.717) is 17.2 Å². The van der Waals surface area contributed by atoms with Crippen LogP contribution in [-0.2, 0) is 9.53 Å². The second kappa shape index (κ2) is 8.52. The van der Waals surface area contributed by atoms with Crippen molar-refractivity contribution >= 4 is 52.0 Å². The number of ketones is 1. The maximum Gasteiger partial charge on any atom is 0.312 e. The number of carbonyl (C=O) groups excluding carboxylic acids is 1. The molecule has 2 N–H and O–H groups in total. The minimum atomic E-state index is -1.06. The third-order valence-corrected chi connectivity index (χ3v) is 4.86. The zero-order chi connectivity index (χ0) is 17.7. The molecule has 1 aromatic carbocycles. The summed E-state index contributed by atoms with van der Waals surface area (Å²) < 4.78 is 6.14. The van der Waals surface area contributed by atoms with Gasteiger partial charge in [0.25, 0.3) is 0 Å². The van der Waals surface area contributed by atoms with Crippen molar-refractivity contribution in [1.82, 2.24) is 5.32 Å². The van der Waals surface area contributed by atoms with E-state index in [4.69, 9.17) is 4.74 Å². The van der Waals surface area contributed by atoms with E-state index in [1.807, 2.05) is 18.4 Å². The number of ether oxygens (including phenoxy) is 1. The topological polar surface area (TPSA) is 88.0 Å². The number of carbonyl (C=O) groups is 2. The van der Waals surface area contributed by atoms with E-state index < -0.39 is 11.9 Å². The molecule has 0 fully saturated rings. The first-order chi connectivity index (χ1) is 11.4. The van der Waals surface area contributed by atoms with E-state index in [9.17, 15) is 14.7 Å². The summed E-state index contributed by atoms with van der Waals surface area (Å²) in [5, 5.41) is 12.6. The average Bonchev–Trinajstić information content (AvgIpc) is 2.59. The number of nitrogens with zero attached hydrogens (tertiary/aromatic N) is 1. The molecule has 1 aliphatic heterocycles. The SMILES string of the molecule is COC1=NC(SC)NC(C(CC(=O)c2ccc(I)cc2)C(=O)O)=C1. The molecule has 1 aliphatic rings. The Morgan fingerprint density at radius 1 is 1.42 bits per heavy atom. The summed E-state index contributed by atoms with van der Waals surface area (Å²) in [5.41, 5.74) is 0.586. The number of Topliss-reactive ketones (excluding diaryl/α,β-unsaturated/α-hetero) is 1. The Kier molecular flexibility index (Phi) is 6.67. The predicted molar refractivity (Wildman–Crippen MR) is 102 cm³/mol. The van der Waals surface area contributed by atoms with E-state index in [0.717, 1.165) is 3.57 Å². The van der Waals surface area contributed by atoms with Gasteiger partial charge in [-0.2, -0.15) is 0 Å². The monoisotopic (exact) mass is 460 g/mol. The highest BCUT2D eigenvalue weighted by atomic mass is 127. The fraction of sp³-hybridized carbons (Fsp3) is 0.312. The Morgan fingerprint density at radius 2 is 2.08 bits per heavy atom. The first-order valence-corrected chi connectivity index (χ1v) is 9.45. The van der Waals surface area contributed by atoms with E-state index in [2.05, 4.69) is 32.9 Å². The molecule has 0 saturated heterocycles. The first-order valence-electron chi connectivity index (χ1n) is 7.09. The first kappa shape index (κ1) is 18.8. The van der Waals surface area contributed by atoms with Gasteiger partial charge in [-0.05, 0) is 41.0 Å². The number of carboxylic acid groups (broad SMARTS) is 1. The van der Waals surface area contributed by atoms with Gasteiger partial charge in [-0.1, -0.05) is 12.1 Å². The van der Waals surface area contributed by atoms with Crippen molar-refractivity contribution in [1.29, 1.82) is 0 Å². The zero-order valence-electron chi connectivity index (χ0n) is 13.2. The number of halogens is 1. The summed E-state index contributed by atoms with van der Waals surface area (Å²) in [6.07, 6.45) is 3.25. The highest BCUT2D eigenvalue weighted by Crippen LogP contribution is 2.23. The van der Waals surface area contributed by atoms with Gasteiger partial charge in [-0.3, -0.25) is 9.59 Å². The number of nitrogens with one attached hydrogen (secondary N) is 1. The van der Waals surface area contributed by atoms with Crippen LogP contribution >= 0.6 is 34.4 Å². The minimum Gasteiger partial charge on any atom is -0.481 e. The molecule has 2 atom stereocenters. The molecule has 1 aromatic rings. The number of benzene rings is 1. The molecular formula is C16H17IN2O4S. The average molecular weight is 460 g/mol. The number of rotatable bonds is 6. The maximum absolute atomic E-state index is 12.4. The summed E-state index contributed by atoms with van der Waals surface area (Å²) in [4.78, 5) is 28.4. The lowest BCUT2D eigenvalue weighted by atomic mass is 9.94. The highest BCUT2D eigenvalue weighted by Gasteiger charge is 2.29. The number of carboxylic acids is 1. The molecular weight excluding hydrogens is 443 g/mol. The van der Waals surface area contributed by atoms with Crippen LogP contribution in [0.1, 0.15) is 16.8 Å². The third kappa shape index (κ3) is 4.73. The van der Waals surface area contributed by atoms with Crippen LogP contribution < -0.4 is 5.32 Å². The van der Waals surface area contributed by atoms with Gasteiger partial charge in [0, 0.05) is 27.3 Å². The molecule has 24 heavy (non-hydrogen) atoms. The van der Waals surface area contributed by atoms with Gasteiger partial charge in [0.05, 0.1) is 7.11 Å². The van der Waals surface area contributed by atoms with Crippen molar-refractivity contribution in [3.63, 3.8) is 0 Å². The number of methoxy groups -OCH3 is 1. The summed E-state index contributed by atoms with van der Waals surface area (Å²) >= 11 is 3.57. The van der Waals surface area contributed by atoms with Crippen molar-refractivity contribution in [2.75, 3.05) is 13.4 Å². The number of hydrogen-bond acceptors (Lipinski definition) is 6. The lowest BCUT2D eigenvalue weighted by Gasteiger charge is -2.25. The van der Waals surface area contributed by atoms with Gasteiger partial charge in [-0.25, -0.2) is 4.99 Å². The summed E-state index contributed by atoms with van der Waals surface area (Å²) in [6, 6.07) is 7.05. The van der Waals surface area contributed by atoms with Crippen molar-refractivity contribution in [2.45, 2.75) is 11.9 Å². The fourth-order valence-corrected chi connectivity index (χ4v) is 3.02. The molecule has 0 spiro atoms. The third-order valence-electron chi connectivity index (χ3n) is 3.48. The maximum atomic E-state index is 12.4. The van der Waals surface area contributed by atoms with Crippen molar-refractivity contribution < 1.29 is 19.4 Å². The Hall–Kier alpha value is -1.55.